The molecule has 0 aromatic heterocycles. The van der Waals surface area contributed by atoms with E-state index in [0.717, 1.165) is 28.0 Å². The zero-order valence-electron chi connectivity index (χ0n) is 17.9. The van der Waals surface area contributed by atoms with Crippen LogP contribution in [-0.2, 0) is 6.54 Å². The molecule has 0 spiro atoms. The standard InChI is InChI=1S/C25H28N2O3/c1-18(23-16-21(29-3)14-15-24(23)30-4)26-25(28)27(2)17-20-12-8-9-13-22(20)19-10-6-5-7-11-19/h5-16,18H,17H2,1-4H3,(H,26,28). The number of nitrogens with one attached hydrogen (secondary N) is 1. The lowest BCUT2D eigenvalue weighted by molar-refractivity contribution is 0.203. The minimum atomic E-state index is -0.241. The number of hydrogen-bond acceptors (Lipinski definition) is 3. The number of nitrogens with zero attached hydrogens (tertiary/aromatic N) is 1. The number of amides is 2. The molecule has 30 heavy (non-hydrogen) atoms. The number of methoxy groups -OCH3 is 2. The molecule has 5 heteroatoms. The van der Waals surface area contributed by atoms with Gasteiger partial charge in [-0.15, -0.1) is 0 Å². The molecule has 1 unspecified atom stereocenters. The lowest BCUT2D eigenvalue weighted by atomic mass is 9.99. The Kier molecular flexibility index (Phi) is 6.96. The molecule has 1 atom stereocenters. The summed E-state index contributed by atoms with van der Waals surface area (Å²) in [4.78, 5) is 14.6. The van der Waals surface area contributed by atoms with Gasteiger partial charge in [-0.2, -0.15) is 0 Å². The summed E-state index contributed by atoms with van der Waals surface area (Å²) in [6, 6.07) is 23.5. The van der Waals surface area contributed by atoms with Crippen molar-refractivity contribution in [2.45, 2.75) is 19.5 Å². The topological polar surface area (TPSA) is 50.8 Å². The lowest BCUT2D eigenvalue weighted by Gasteiger charge is -2.24. The molecule has 0 radical (unpaired) electrons. The van der Waals surface area contributed by atoms with Crippen LogP contribution in [0.1, 0.15) is 24.1 Å². The van der Waals surface area contributed by atoms with Crippen LogP contribution in [0.4, 0.5) is 4.79 Å². The monoisotopic (exact) mass is 404 g/mol. The van der Waals surface area contributed by atoms with Gasteiger partial charge < -0.3 is 19.7 Å². The molecule has 0 heterocycles. The quantitative estimate of drug-likeness (QED) is 0.583. The van der Waals surface area contributed by atoms with Crippen LogP contribution in [0.3, 0.4) is 0 Å². The van der Waals surface area contributed by atoms with Gasteiger partial charge >= 0.3 is 6.03 Å². The maximum atomic E-state index is 12.9. The van der Waals surface area contributed by atoms with E-state index in [1.54, 1.807) is 26.2 Å². The SMILES string of the molecule is COc1ccc(OC)c(C(C)NC(=O)N(C)Cc2ccccc2-c2ccccc2)c1. The molecule has 0 aliphatic carbocycles. The smallest absolute Gasteiger partial charge is 0.317 e. The van der Waals surface area contributed by atoms with Gasteiger partial charge in [0, 0.05) is 19.2 Å². The Morgan fingerprint density at radius 3 is 2.37 bits per heavy atom. The normalized spacial score (nSPS) is 11.5. The number of carbonyl (C=O) groups excluding carboxylic acids is 1. The van der Waals surface area contributed by atoms with Crippen LogP contribution in [-0.4, -0.2) is 32.2 Å². The van der Waals surface area contributed by atoms with E-state index in [1.807, 2.05) is 55.5 Å². The van der Waals surface area contributed by atoms with E-state index in [2.05, 4.69) is 29.6 Å². The van der Waals surface area contributed by atoms with Gasteiger partial charge in [-0.3, -0.25) is 0 Å². The van der Waals surface area contributed by atoms with Gasteiger partial charge in [0.05, 0.1) is 20.3 Å². The third kappa shape index (κ3) is 4.92. The third-order valence-electron chi connectivity index (χ3n) is 5.10. The molecule has 0 saturated carbocycles. The fourth-order valence-electron chi connectivity index (χ4n) is 3.44. The highest BCUT2D eigenvalue weighted by atomic mass is 16.5. The molecule has 1 N–H and O–H groups in total. The van der Waals surface area contributed by atoms with Crippen molar-refractivity contribution in [1.29, 1.82) is 0 Å². The molecule has 0 bridgehead atoms. The van der Waals surface area contributed by atoms with Crippen molar-refractivity contribution in [3.05, 3.63) is 83.9 Å². The summed E-state index contributed by atoms with van der Waals surface area (Å²) < 4.78 is 10.8. The molecule has 156 valence electrons. The molecule has 0 aliphatic rings. The average Bonchev–Trinajstić information content (AvgIpc) is 2.79. The van der Waals surface area contributed by atoms with Crippen molar-refractivity contribution < 1.29 is 14.3 Å². The van der Waals surface area contributed by atoms with Crippen molar-refractivity contribution in [2.24, 2.45) is 0 Å². The summed E-state index contributed by atoms with van der Waals surface area (Å²) in [6.07, 6.45) is 0. The van der Waals surface area contributed by atoms with Gasteiger partial charge in [-0.25, -0.2) is 4.79 Å². The van der Waals surface area contributed by atoms with Gasteiger partial charge in [0.1, 0.15) is 11.5 Å². The summed E-state index contributed by atoms with van der Waals surface area (Å²) in [7, 11) is 5.03. The second-order valence-electron chi connectivity index (χ2n) is 7.16. The summed E-state index contributed by atoms with van der Waals surface area (Å²) in [5.74, 6) is 1.43. The fraction of sp³-hybridized carbons (Fsp3) is 0.240. The predicted octanol–water partition coefficient (Wildman–Crippen LogP) is 5.27. The van der Waals surface area contributed by atoms with Crippen molar-refractivity contribution in [2.75, 3.05) is 21.3 Å². The summed E-state index contributed by atoms with van der Waals surface area (Å²) in [6.45, 7) is 2.43. The largest absolute Gasteiger partial charge is 0.497 e. The highest BCUT2D eigenvalue weighted by Gasteiger charge is 2.18. The second kappa shape index (κ2) is 9.83. The van der Waals surface area contributed by atoms with Gasteiger partial charge in [0.2, 0.25) is 0 Å². The van der Waals surface area contributed by atoms with Gasteiger partial charge in [-0.1, -0.05) is 54.6 Å². The summed E-state index contributed by atoms with van der Waals surface area (Å²) >= 11 is 0. The van der Waals surface area contributed by atoms with Crippen LogP contribution in [0.25, 0.3) is 11.1 Å². The Bertz CT molecular complexity index is 989. The molecule has 3 aromatic carbocycles. The van der Waals surface area contributed by atoms with Crippen LogP contribution in [0.2, 0.25) is 0 Å². The van der Waals surface area contributed by atoms with Crippen molar-refractivity contribution >= 4 is 6.03 Å². The van der Waals surface area contributed by atoms with E-state index in [1.165, 1.54) is 0 Å². The summed E-state index contributed by atoms with van der Waals surface area (Å²) in [5.41, 5.74) is 4.22. The predicted molar refractivity (Wildman–Crippen MR) is 120 cm³/mol. The highest BCUT2D eigenvalue weighted by Crippen LogP contribution is 2.29. The Labute approximate surface area is 178 Å². The molecule has 2 amide bonds. The van der Waals surface area contributed by atoms with Crippen molar-refractivity contribution in [3.63, 3.8) is 0 Å². The first-order valence-electron chi connectivity index (χ1n) is 9.90. The first kappa shape index (κ1) is 21.2. The first-order chi connectivity index (χ1) is 14.5. The Morgan fingerprint density at radius 1 is 0.967 bits per heavy atom. The number of benzene rings is 3. The van der Waals surface area contributed by atoms with Gasteiger partial charge in [-0.05, 0) is 41.8 Å². The zero-order chi connectivity index (χ0) is 21.5. The Balaban J connectivity index is 1.73. The number of ether oxygens (including phenoxy) is 2. The Morgan fingerprint density at radius 2 is 1.67 bits per heavy atom. The van der Waals surface area contributed by atoms with Crippen molar-refractivity contribution in [1.82, 2.24) is 10.2 Å². The molecular weight excluding hydrogens is 376 g/mol. The van der Waals surface area contributed by atoms with Crippen molar-refractivity contribution in [3.8, 4) is 22.6 Å². The summed E-state index contributed by atoms with van der Waals surface area (Å²) in [5, 5.41) is 3.05. The average molecular weight is 405 g/mol. The van der Waals surface area contributed by atoms with Gasteiger partial charge in [0.25, 0.3) is 0 Å². The Hall–Kier alpha value is -3.47. The van der Waals surface area contributed by atoms with Crippen LogP contribution in [0.15, 0.2) is 72.8 Å². The maximum Gasteiger partial charge on any atom is 0.317 e. The number of hydrogen-bond donors (Lipinski definition) is 1. The molecule has 0 aliphatic heterocycles. The minimum Gasteiger partial charge on any atom is -0.497 e. The molecule has 5 nitrogen and oxygen atoms in total. The first-order valence-corrected chi connectivity index (χ1v) is 9.90. The van der Waals surface area contributed by atoms with E-state index >= 15 is 0 Å². The molecule has 0 fully saturated rings. The van der Waals surface area contributed by atoms with E-state index in [0.29, 0.717) is 12.3 Å². The number of carbonyl (C=O) groups is 1. The second-order valence-corrected chi connectivity index (χ2v) is 7.16. The minimum absolute atomic E-state index is 0.157. The van der Waals surface area contributed by atoms with E-state index in [9.17, 15) is 4.79 Å². The van der Waals surface area contributed by atoms with Crippen LogP contribution in [0, 0.1) is 0 Å². The molecule has 3 aromatic rings. The van der Waals surface area contributed by atoms with Crippen LogP contribution >= 0.6 is 0 Å². The van der Waals surface area contributed by atoms with Crippen LogP contribution < -0.4 is 14.8 Å². The van der Waals surface area contributed by atoms with E-state index < -0.39 is 0 Å². The molecule has 0 saturated heterocycles. The molecule has 3 rings (SSSR count). The third-order valence-corrected chi connectivity index (χ3v) is 5.10. The maximum absolute atomic E-state index is 12.9. The van der Waals surface area contributed by atoms with E-state index in [-0.39, 0.29) is 12.1 Å². The number of urea groups is 1. The zero-order valence-corrected chi connectivity index (χ0v) is 17.9. The lowest BCUT2D eigenvalue weighted by Crippen LogP contribution is -2.38. The van der Waals surface area contributed by atoms with E-state index in [4.69, 9.17) is 9.47 Å². The highest BCUT2D eigenvalue weighted by molar-refractivity contribution is 5.75. The fourth-order valence-corrected chi connectivity index (χ4v) is 3.44. The number of rotatable bonds is 7. The van der Waals surface area contributed by atoms with Crippen LogP contribution in [0.5, 0.6) is 11.5 Å². The molecular formula is C25H28N2O3. The van der Waals surface area contributed by atoms with Gasteiger partial charge in [0.15, 0.2) is 0 Å².